The number of halogens is 5. The van der Waals surface area contributed by atoms with Crippen LogP contribution >= 0.6 is 0 Å². The Morgan fingerprint density at radius 1 is 0.667 bits per heavy atom. The number of rotatable bonds is 0. The van der Waals surface area contributed by atoms with Gasteiger partial charge < -0.3 is 34.0 Å². The van der Waals surface area contributed by atoms with Gasteiger partial charge in [-0.15, -0.1) is 0 Å². The fourth-order valence-electron chi connectivity index (χ4n) is 0.520. The molecule has 0 heterocycles. The van der Waals surface area contributed by atoms with Gasteiger partial charge in [0, 0.05) is 18.2 Å². The third-order valence-corrected chi connectivity index (χ3v) is 0.827. The van der Waals surface area contributed by atoms with E-state index in [1.807, 2.05) is 0 Å². The SMILES string of the molecule is Fc1cc(F)cc(F)c1.[Br-].[Br-].[Mg+2]. The van der Waals surface area contributed by atoms with E-state index in [-0.39, 0.29) is 57.0 Å². The van der Waals surface area contributed by atoms with Crippen molar-refractivity contribution in [1.29, 1.82) is 0 Å². The van der Waals surface area contributed by atoms with Crippen LogP contribution in [0.25, 0.3) is 0 Å². The first-order valence-corrected chi connectivity index (χ1v) is 2.30. The Bertz CT molecular complexity index is 182. The molecule has 6 heteroatoms. The largest absolute Gasteiger partial charge is 2.00 e. The zero-order valence-electron chi connectivity index (χ0n) is 5.83. The van der Waals surface area contributed by atoms with Crippen molar-refractivity contribution in [3.63, 3.8) is 0 Å². The van der Waals surface area contributed by atoms with Gasteiger partial charge in [0.2, 0.25) is 0 Å². The Kier molecular flexibility index (Phi) is 12.9. The Balaban J connectivity index is -0.000000270. The van der Waals surface area contributed by atoms with E-state index in [9.17, 15) is 13.2 Å². The normalized spacial score (nSPS) is 7.25. The van der Waals surface area contributed by atoms with E-state index in [1.54, 1.807) is 0 Å². The van der Waals surface area contributed by atoms with Crippen molar-refractivity contribution < 1.29 is 47.1 Å². The van der Waals surface area contributed by atoms with E-state index >= 15 is 0 Å². The average Bonchev–Trinajstić information content (AvgIpc) is 1.59. The van der Waals surface area contributed by atoms with Crippen molar-refractivity contribution in [2.24, 2.45) is 0 Å². The van der Waals surface area contributed by atoms with Crippen molar-refractivity contribution in [1.82, 2.24) is 0 Å². The molecule has 0 radical (unpaired) electrons. The van der Waals surface area contributed by atoms with Gasteiger partial charge in [-0.05, 0) is 0 Å². The van der Waals surface area contributed by atoms with Gasteiger partial charge >= 0.3 is 23.1 Å². The fraction of sp³-hybridized carbons (Fsp3) is 0. The van der Waals surface area contributed by atoms with Crippen LogP contribution in [0, 0.1) is 17.5 Å². The maximum absolute atomic E-state index is 11.9. The molecular formula is C6H3Br2F3Mg. The molecule has 0 aliphatic carbocycles. The molecule has 0 amide bonds. The predicted octanol–water partition coefficient (Wildman–Crippen LogP) is -4.27. The van der Waals surface area contributed by atoms with Gasteiger partial charge in [-0.25, -0.2) is 13.2 Å². The molecule has 1 rings (SSSR count). The van der Waals surface area contributed by atoms with Crippen LogP contribution in [-0.2, 0) is 0 Å². The summed E-state index contributed by atoms with van der Waals surface area (Å²) in [7, 11) is 0. The van der Waals surface area contributed by atoms with Gasteiger partial charge in [0.15, 0.2) is 0 Å². The van der Waals surface area contributed by atoms with Crippen LogP contribution < -0.4 is 34.0 Å². The summed E-state index contributed by atoms with van der Waals surface area (Å²) in [6, 6.07) is 1.84. The maximum atomic E-state index is 11.9. The van der Waals surface area contributed by atoms with E-state index in [4.69, 9.17) is 0 Å². The second-order valence-corrected chi connectivity index (χ2v) is 1.59. The number of hydrogen-bond donors (Lipinski definition) is 0. The molecule has 0 saturated carbocycles. The first-order chi connectivity index (χ1) is 4.18. The molecule has 1 aromatic carbocycles. The maximum Gasteiger partial charge on any atom is 2.00 e. The summed E-state index contributed by atoms with van der Waals surface area (Å²) in [4.78, 5) is 0. The summed E-state index contributed by atoms with van der Waals surface area (Å²) >= 11 is 0. The molecule has 1 aromatic rings. The van der Waals surface area contributed by atoms with Crippen molar-refractivity contribution >= 4 is 23.1 Å². The first-order valence-electron chi connectivity index (χ1n) is 2.30. The minimum Gasteiger partial charge on any atom is -1.00 e. The standard InChI is InChI=1S/C6H3F3.2BrH.Mg/c7-4-1-5(8)3-6(9)2-4;;;/h1-3H;2*1H;/q;;;+2/p-2. The summed E-state index contributed by atoms with van der Waals surface area (Å²) in [5.41, 5.74) is 0. The second kappa shape index (κ2) is 8.34. The smallest absolute Gasteiger partial charge is 1.00 e. The van der Waals surface area contributed by atoms with Crippen LogP contribution in [0.2, 0.25) is 0 Å². The molecule has 0 aliphatic rings. The predicted molar refractivity (Wildman–Crippen MR) is 32.1 cm³/mol. The van der Waals surface area contributed by atoms with E-state index < -0.39 is 17.5 Å². The zero-order chi connectivity index (χ0) is 6.85. The van der Waals surface area contributed by atoms with Crippen LogP contribution in [-0.4, -0.2) is 23.1 Å². The molecule has 0 spiro atoms. The molecular weight excluding hydrogens is 313 g/mol. The summed E-state index contributed by atoms with van der Waals surface area (Å²) in [6.07, 6.45) is 0. The van der Waals surface area contributed by atoms with Gasteiger partial charge in [-0.2, -0.15) is 0 Å². The fourth-order valence-corrected chi connectivity index (χ4v) is 0.520. The van der Waals surface area contributed by atoms with E-state index in [1.165, 1.54) is 0 Å². The van der Waals surface area contributed by atoms with Crippen molar-refractivity contribution in [3.8, 4) is 0 Å². The number of benzene rings is 1. The van der Waals surface area contributed by atoms with Gasteiger partial charge in [0.1, 0.15) is 17.5 Å². The minimum atomic E-state index is -0.896. The summed E-state index contributed by atoms with van der Waals surface area (Å²) < 4.78 is 35.8. The van der Waals surface area contributed by atoms with Crippen molar-refractivity contribution in [2.45, 2.75) is 0 Å². The Morgan fingerprint density at radius 2 is 0.833 bits per heavy atom. The van der Waals surface area contributed by atoms with Crippen LogP contribution in [0.1, 0.15) is 0 Å². The molecule has 12 heavy (non-hydrogen) atoms. The molecule has 0 N–H and O–H groups in total. The van der Waals surface area contributed by atoms with E-state index in [0.717, 1.165) is 0 Å². The Morgan fingerprint density at radius 3 is 1.00 bits per heavy atom. The Labute approximate surface area is 105 Å². The molecule has 64 valence electrons. The van der Waals surface area contributed by atoms with E-state index in [0.29, 0.717) is 18.2 Å². The summed E-state index contributed by atoms with van der Waals surface area (Å²) in [5, 5.41) is 0. The van der Waals surface area contributed by atoms with E-state index in [2.05, 4.69) is 0 Å². The molecule has 0 bridgehead atoms. The minimum absolute atomic E-state index is 0. The summed E-state index contributed by atoms with van der Waals surface area (Å²) in [5.74, 6) is -2.69. The monoisotopic (exact) mass is 314 g/mol. The van der Waals surface area contributed by atoms with Gasteiger partial charge in [-0.3, -0.25) is 0 Å². The zero-order valence-corrected chi connectivity index (χ0v) is 10.4. The van der Waals surface area contributed by atoms with Gasteiger partial charge in [0.05, 0.1) is 0 Å². The third-order valence-electron chi connectivity index (χ3n) is 0.827. The molecule has 0 atom stereocenters. The van der Waals surface area contributed by atoms with Crippen LogP contribution in [0.4, 0.5) is 13.2 Å². The summed E-state index contributed by atoms with van der Waals surface area (Å²) in [6.45, 7) is 0. The topological polar surface area (TPSA) is 0 Å². The van der Waals surface area contributed by atoms with Crippen LogP contribution in [0.3, 0.4) is 0 Å². The molecule has 0 fully saturated rings. The Hall–Kier alpha value is 0.736. The van der Waals surface area contributed by atoms with Gasteiger partial charge in [0.25, 0.3) is 0 Å². The molecule has 0 nitrogen and oxygen atoms in total. The van der Waals surface area contributed by atoms with Crippen molar-refractivity contribution in [2.75, 3.05) is 0 Å². The van der Waals surface area contributed by atoms with Crippen molar-refractivity contribution in [3.05, 3.63) is 35.7 Å². The molecule has 0 aromatic heterocycles. The molecule has 0 saturated heterocycles. The molecule has 0 aliphatic heterocycles. The second-order valence-electron chi connectivity index (χ2n) is 1.59. The first kappa shape index (κ1) is 18.5. The average molecular weight is 316 g/mol. The van der Waals surface area contributed by atoms with Crippen LogP contribution in [0.15, 0.2) is 18.2 Å². The number of hydrogen-bond acceptors (Lipinski definition) is 0. The quantitative estimate of drug-likeness (QED) is 0.425. The molecule has 0 unspecified atom stereocenters. The van der Waals surface area contributed by atoms with Gasteiger partial charge in [-0.1, -0.05) is 0 Å². The third kappa shape index (κ3) is 6.27. The van der Waals surface area contributed by atoms with Crippen LogP contribution in [0.5, 0.6) is 0 Å².